The summed E-state index contributed by atoms with van der Waals surface area (Å²) < 4.78 is 5.83. The first-order valence-electron chi connectivity index (χ1n) is 7.61. The van der Waals surface area contributed by atoms with Gasteiger partial charge in [0, 0.05) is 19.5 Å². The number of morpholine rings is 1. The summed E-state index contributed by atoms with van der Waals surface area (Å²) in [7, 11) is 0. The van der Waals surface area contributed by atoms with Crippen molar-refractivity contribution in [1.82, 2.24) is 15.8 Å². The Bertz CT molecular complexity index is 382. The molecule has 1 fully saturated rings. The van der Waals surface area contributed by atoms with Gasteiger partial charge in [0.25, 0.3) is 5.91 Å². The summed E-state index contributed by atoms with van der Waals surface area (Å²) >= 11 is 0. The van der Waals surface area contributed by atoms with Crippen molar-refractivity contribution in [2.75, 3.05) is 13.1 Å². The Kier molecular flexibility index (Phi) is 6.16. The van der Waals surface area contributed by atoms with Crippen LogP contribution < -0.4 is 10.9 Å². The average molecular weight is 299 g/mol. The second-order valence-electron chi connectivity index (χ2n) is 6.93. The Labute approximate surface area is 127 Å². The first kappa shape index (κ1) is 17.9. The molecule has 0 aromatic carbocycles. The number of ether oxygens (including phenoxy) is 1. The van der Waals surface area contributed by atoms with Crippen LogP contribution in [0.2, 0.25) is 0 Å². The van der Waals surface area contributed by atoms with Gasteiger partial charge >= 0.3 is 0 Å². The zero-order valence-corrected chi connectivity index (χ0v) is 14.0. The van der Waals surface area contributed by atoms with Crippen molar-refractivity contribution in [3.05, 3.63) is 0 Å². The van der Waals surface area contributed by atoms with Crippen LogP contribution in [0.25, 0.3) is 0 Å². The van der Waals surface area contributed by atoms with E-state index in [0.29, 0.717) is 19.5 Å². The number of nitrogens with one attached hydrogen (secondary N) is 2. The van der Waals surface area contributed by atoms with Gasteiger partial charge in [0.05, 0.1) is 17.7 Å². The molecule has 2 amide bonds. The third-order valence-corrected chi connectivity index (χ3v) is 3.44. The molecule has 0 unspecified atom stereocenters. The number of rotatable bonds is 4. The molecule has 0 saturated carbocycles. The largest absolute Gasteiger partial charge is 0.370 e. The summed E-state index contributed by atoms with van der Waals surface area (Å²) in [5.74, 6) is -0.0987. The van der Waals surface area contributed by atoms with Crippen molar-refractivity contribution in [1.29, 1.82) is 0 Å². The summed E-state index contributed by atoms with van der Waals surface area (Å²) in [5, 5.41) is 0. The van der Waals surface area contributed by atoms with E-state index in [4.69, 9.17) is 4.74 Å². The topological polar surface area (TPSA) is 70.7 Å². The Hall–Kier alpha value is -1.14. The van der Waals surface area contributed by atoms with Crippen LogP contribution in [-0.4, -0.2) is 47.6 Å². The van der Waals surface area contributed by atoms with Gasteiger partial charge in [0.2, 0.25) is 5.91 Å². The number of amides is 2. The first-order chi connectivity index (χ1) is 9.60. The third kappa shape index (κ3) is 6.01. The van der Waals surface area contributed by atoms with Gasteiger partial charge in [-0.1, -0.05) is 13.8 Å². The summed E-state index contributed by atoms with van der Waals surface area (Å²) in [4.78, 5) is 25.8. The molecule has 1 aliphatic rings. The molecule has 0 aromatic rings. The minimum atomic E-state index is -0.310. The number of hydrogen-bond acceptors (Lipinski definition) is 4. The Balaban J connectivity index is 2.48. The van der Waals surface area contributed by atoms with Crippen LogP contribution in [0.3, 0.4) is 0 Å². The molecule has 6 nitrogen and oxygen atoms in total. The number of hydrogen-bond donors (Lipinski definition) is 2. The highest BCUT2D eigenvalue weighted by Gasteiger charge is 2.35. The van der Waals surface area contributed by atoms with Crippen LogP contribution in [0.5, 0.6) is 0 Å². The second-order valence-corrected chi connectivity index (χ2v) is 6.93. The summed E-state index contributed by atoms with van der Waals surface area (Å²) in [6, 6.07) is -0.310. The normalized spacial score (nSPS) is 23.7. The zero-order valence-electron chi connectivity index (χ0n) is 14.0. The highest BCUT2D eigenvalue weighted by Crippen LogP contribution is 2.22. The van der Waals surface area contributed by atoms with Crippen LogP contribution in [0, 0.1) is 5.92 Å². The molecular weight excluding hydrogens is 270 g/mol. The van der Waals surface area contributed by atoms with Crippen molar-refractivity contribution in [2.24, 2.45) is 5.92 Å². The smallest absolute Gasteiger partial charge is 0.255 e. The number of carbonyl (C=O) groups excluding carboxylic acids is 2. The molecule has 1 heterocycles. The van der Waals surface area contributed by atoms with E-state index in [9.17, 15) is 9.59 Å². The summed E-state index contributed by atoms with van der Waals surface area (Å²) in [5.41, 5.74) is 4.70. The minimum Gasteiger partial charge on any atom is -0.370 e. The molecule has 21 heavy (non-hydrogen) atoms. The molecule has 1 rings (SSSR count). The maximum atomic E-state index is 12.1. The molecule has 0 bridgehead atoms. The highest BCUT2D eigenvalue weighted by molar-refractivity contribution is 5.85. The maximum Gasteiger partial charge on any atom is 0.255 e. The van der Waals surface area contributed by atoms with E-state index in [2.05, 4.69) is 15.8 Å². The van der Waals surface area contributed by atoms with Crippen LogP contribution in [-0.2, 0) is 14.3 Å². The number of hydrazine groups is 1. The molecule has 0 spiro atoms. The maximum absolute atomic E-state index is 12.1. The van der Waals surface area contributed by atoms with E-state index in [0.717, 1.165) is 0 Å². The van der Waals surface area contributed by atoms with Crippen molar-refractivity contribution in [3.63, 3.8) is 0 Å². The molecule has 2 atom stereocenters. The molecular formula is C15H29N3O3. The van der Waals surface area contributed by atoms with Crippen LogP contribution in [0.15, 0.2) is 0 Å². The van der Waals surface area contributed by atoms with E-state index in [-0.39, 0.29) is 35.5 Å². The first-order valence-corrected chi connectivity index (χ1v) is 7.61. The fourth-order valence-electron chi connectivity index (χ4n) is 2.62. The SMILES string of the molecule is CC(C)CC(=O)NNC(=O)[C@H](C)N1C[C@H](C)OC(C)(C)C1. The van der Waals surface area contributed by atoms with E-state index in [1.165, 1.54) is 0 Å². The van der Waals surface area contributed by atoms with Crippen molar-refractivity contribution in [3.8, 4) is 0 Å². The Morgan fingerprint density at radius 3 is 2.43 bits per heavy atom. The van der Waals surface area contributed by atoms with E-state index in [1.807, 2.05) is 41.5 Å². The van der Waals surface area contributed by atoms with Crippen molar-refractivity contribution >= 4 is 11.8 Å². The summed E-state index contributed by atoms with van der Waals surface area (Å²) in [6.07, 6.45) is 0.482. The van der Waals surface area contributed by atoms with Gasteiger partial charge in [-0.2, -0.15) is 0 Å². The van der Waals surface area contributed by atoms with E-state index < -0.39 is 0 Å². The van der Waals surface area contributed by atoms with Gasteiger partial charge in [-0.15, -0.1) is 0 Å². The Morgan fingerprint density at radius 1 is 1.29 bits per heavy atom. The van der Waals surface area contributed by atoms with Gasteiger partial charge < -0.3 is 4.74 Å². The highest BCUT2D eigenvalue weighted by atomic mass is 16.5. The molecule has 1 saturated heterocycles. The van der Waals surface area contributed by atoms with Crippen molar-refractivity contribution < 1.29 is 14.3 Å². The minimum absolute atomic E-state index is 0.0829. The fraction of sp³-hybridized carbons (Fsp3) is 0.867. The van der Waals surface area contributed by atoms with Gasteiger partial charge in [-0.25, -0.2) is 0 Å². The molecule has 0 aliphatic carbocycles. The predicted molar refractivity (Wildman–Crippen MR) is 81.4 cm³/mol. The lowest BCUT2D eigenvalue weighted by molar-refractivity contribution is -0.149. The average Bonchev–Trinajstić information content (AvgIpc) is 2.31. The lowest BCUT2D eigenvalue weighted by atomic mass is 10.0. The van der Waals surface area contributed by atoms with Gasteiger partial charge in [0.15, 0.2) is 0 Å². The van der Waals surface area contributed by atoms with Gasteiger partial charge in [0.1, 0.15) is 0 Å². The zero-order chi connectivity index (χ0) is 16.2. The van der Waals surface area contributed by atoms with E-state index in [1.54, 1.807) is 0 Å². The monoisotopic (exact) mass is 299 g/mol. The standard InChI is InChI=1S/C15H29N3O3/c1-10(2)7-13(19)16-17-14(20)12(4)18-8-11(3)21-15(5,6)9-18/h10-12H,7-9H2,1-6H3,(H,16,19)(H,17,20)/t11-,12-/m0/s1. The number of carbonyl (C=O) groups is 2. The van der Waals surface area contributed by atoms with Crippen LogP contribution >= 0.6 is 0 Å². The number of nitrogens with zero attached hydrogens (tertiary/aromatic N) is 1. The third-order valence-electron chi connectivity index (χ3n) is 3.44. The molecule has 0 aromatic heterocycles. The lowest BCUT2D eigenvalue weighted by Crippen LogP contribution is -2.59. The van der Waals surface area contributed by atoms with Gasteiger partial charge in [-0.3, -0.25) is 25.3 Å². The summed E-state index contributed by atoms with van der Waals surface area (Å²) in [6.45, 7) is 13.2. The van der Waals surface area contributed by atoms with Crippen molar-refractivity contribution in [2.45, 2.75) is 65.7 Å². The molecule has 6 heteroatoms. The predicted octanol–water partition coefficient (Wildman–Crippen LogP) is 1.07. The van der Waals surface area contributed by atoms with Crippen LogP contribution in [0.4, 0.5) is 0 Å². The molecule has 2 N–H and O–H groups in total. The lowest BCUT2D eigenvalue weighted by Gasteiger charge is -2.43. The van der Waals surface area contributed by atoms with Gasteiger partial charge in [-0.05, 0) is 33.6 Å². The Morgan fingerprint density at radius 2 is 1.90 bits per heavy atom. The molecule has 122 valence electrons. The van der Waals surface area contributed by atoms with Crippen LogP contribution in [0.1, 0.15) is 48.0 Å². The second kappa shape index (κ2) is 7.22. The molecule has 0 radical (unpaired) electrons. The fourth-order valence-corrected chi connectivity index (χ4v) is 2.62. The van der Waals surface area contributed by atoms with E-state index >= 15 is 0 Å². The quantitative estimate of drug-likeness (QED) is 0.762. The molecule has 1 aliphatic heterocycles.